The first-order valence-corrected chi connectivity index (χ1v) is 6.78. The molecule has 2 aliphatic rings. The molecule has 0 spiro atoms. The Morgan fingerprint density at radius 2 is 1.95 bits per heavy atom. The minimum Gasteiger partial charge on any atom is -0.309 e. The summed E-state index contributed by atoms with van der Waals surface area (Å²) >= 11 is 0. The lowest BCUT2D eigenvalue weighted by molar-refractivity contribution is 0.346. The van der Waals surface area contributed by atoms with Gasteiger partial charge in [0.25, 0.3) is 0 Å². The summed E-state index contributed by atoms with van der Waals surface area (Å²) in [5, 5.41) is 11.9. The van der Waals surface area contributed by atoms with Gasteiger partial charge < -0.3 is 5.32 Å². The van der Waals surface area contributed by atoms with Crippen molar-refractivity contribution in [3.63, 3.8) is 0 Å². The van der Waals surface area contributed by atoms with E-state index in [9.17, 15) is 8.78 Å². The number of halogens is 2. The molecule has 100 valence electrons. The van der Waals surface area contributed by atoms with Crippen LogP contribution in [-0.2, 0) is 6.54 Å². The molecule has 0 aliphatic heterocycles. The molecule has 0 saturated heterocycles. The minimum atomic E-state index is -0.632. The molecule has 19 heavy (non-hydrogen) atoms. The third kappa shape index (κ3) is 2.35. The van der Waals surface area contributed by atoms with Crippen LogP contribution in [0, 0.1) is 34.8 Å². The summed E-state index contributed by atoms with van der Waals surface area (Å²) in [5.41, 5.74) is 0.0699. The average Bonchev–Trinajstić information content (AvgIpc) is 2.99. The van der Waals surface area contributed by atoms with Gasteiger partial charge in [-0.15, -0.1) is 0 Å². The highest BCUT2D eigenvalue weighted by atomic mass is 19.1. The Labute approximate surface area is 111 Å². The number of fused-ring (bicyclic) bond motifs is 2. The van der Waals surface area contributed by atoms with Gasteiger partial charge in [-0.3, -0.25) is 0 Å². The lowest BCUT2D eigenvalue weighted by Crippen LogP contribution is -2.33. The van der Waals surface area contributed by atoms with Crippen LogP contribution in [0.3, 0.4) is 0 Å². The van der Waals surface area contributed by atoms with Crippen molar-refractivity contribution < 1.29 is 8.78 Å². The fourth-order valence-corrected chi connectivity index (χ4v) is 3.56. The maximum absolute atomic E-state index is 13.7. The van der Waals surface area contributed by atoms with Crippen LogP contribution in [-0.4, -0.2) is 6.04 Å². The SMILES string of the molecule is N#Cc1cc(F)c(CNC2CC3CCC2C3)c(F)c1. The summed E-state index contributed by atoms with van der Waals surface area (Å²) in [6.07, 6.45) is 4.93. The quantitative estimate of drug-likeness (QED) is 0.908. The lowest BCUT2D eigenvalue weighted by Gasteiger charge is -2.23. The summed E-state index contributed by atoms with van der Waals surface area (Å²) in [7, 11) is 0. The fourth-order valence-electron chi connectivity index (χ4n) is 3.56. The summed E-state index contributed by atoms with van der Waals surface area (Å²) in [6, 6.07) is 4.35. The van der Waals surface area contributed by atoms with Crippen molar-refractivity contribution in [2.45, 2.75) is 38.3 Å². The van der Waals surface area contributed by atoms with Crippen molar-refractivity contribution in [1.29, 1.82) is 5.26 Å². The summed E-state index contributed by atoms with van der Waals surface area (Å²) in [5.74, 6) is 0.215. The van der Waals surface area contributed by atoms with Gasteiger partial charge in [-0.05, 0) is 43.2 Å². The molecule has 2 bridgehead atoms. The molecule has 2 nitrogen and oxygen atoms in total. The van der Waals surface area contributed by atoms with Gasteiger partial charge in [-0.25, -0.2) is 8.78 Å². The zero-order chi connectivity index (χ0) is 13.4. The first-order valence-electron chi connectivity index (χ1n) is 6.78. The van der Waals surface area contributed by atoms with E-state index in [1.807, 2.05) is 0 Å². The molecule has 0 radical (unpaired) electrons. The summed E-state index contributed by atoms with van der Waals surface area (Å²) < 4.78 is 27.5. The largest absolute Gasteiger partial charge is 0.309 e. The van der Waals surface area contributed by atoms with Crippen molar-refractivity contribution in [3.05, 3.63) is 34.9 Å². The number of benzene rings is 1. The molecule has 1 aromatic carbocycles. The first-order chi connectivity index (χ1) is 9.17. The lowest BCUT2D eigenvalue weighted by atomic mass is 9.95. The standard InChI is InChI=1S/C15H16F2N2/c16-13-4-10(7-18)5-14(17)12(13)8-19-15-6-9-1-2-11(15)3-9/h4-5,9,11,15,19H,1-3,6,8H2. The van der Waals surface area contributed by atoms with Gasteiger partial charge in [-0.2, -0.15) is 5.26 Å². The highest BCUT2D eigenvalue weighted by Gasteiger charge is 2.39. The van der Waals surface area contributed by atoms with Gasteiger partial charge in [-0.1, -0.05) is 6.42 Å². The van der Waals surface area contributed by atoms with Gasteiger partial charge in [0, 0.05) is 18.2 Å². The van der Waals surface area contributed by atoms with Crippen molar-refractivity contribution in [2.24, 2.45) is 11.8 Å². The van der Waals surface area contributed by atoms with E-state index >= 15 is 0 Å². The molecule has 2 saturated carbocycles. The Hall–Kier alpha value is -1.47. The molecule has 1 aromatic rings. The minimum absolute atomic E-state index is 0.0265. The van der Waals surface area contributed by atoms with Crippen molar-refractivity contribution in [1.82, 2.24) is 5.32 Å². The van der Waals surface area contributed by atoms with Crippen LogP contribution in [0.2, 0.25) is 0 Å². The molecular weight excluding hydrogens is 246 g/mol. The maximum atomic E-state index is 13.7. The average molecular weight is 262 g/mol. The zero-order valence-electron chi connectivity index (χ0n) is 10.6. The Balaban J connectivity index is 1.69. The molecule has 0 amide bonds. The second-order valence-corrected chi connectivity index (χ2v) is 5.69. The van der Waals surface area contributed by atoms with Crippen molar-refractivity contribution in [2.75, 3.05) is 0 Å². The Kier molecular flexibility index (Phi) is 3.24. The number of hydrogen-bond donors (Lipinski definition) is 1. The topological polar surface area (TPSA) is 35.8 Å². The summed E-state index contributed by atoms with van der Waals surface area (Å²) in [6.45, 7) is 0.206. The van der Waals surface area contributed by atoms with Gasteiger partial charge in [0.1, 0.15) is 11.6 Å². The molecule has 2 aliphatic carbocycles. The molecule has 3 rings (SSSR count). The van der Waals surface area contributed by atoms with Crippen LogP contribution in [0.15, 0.2) is 12.1 Å². The molecule has 4 heteroatoms. The fraction of sp³-hybridized carbons (Fsp3) is 0.533. The van der Waals surface area contributed by atoms with Gasteiger partial charge in [0.2, 0.25) is 0 Å². The Morgan fingerprint density at radius 3 is 2.47 bits per heavy atom. The number of hydrogen-bond acceptors (Lipinski definition) is 2. The van der Waals surface area contributed by atoms with Crippen LogP contribution in [0.25, 0.3) is 0 Å². The molecule has 3 atom stereocenters. The maximum Gasteiger partial charge on any atom is 0.131 e. The predicted molar refractivity (Wildman–Crippen MR) is 67.1 cm³/mol. The van der Waals surface area contributed by atoms with E-state index in [4.69, 9.17) is 5.26 Å². The van der Waals surface area contributed by atoms with Gasteiger partial charge >= 0.3 is 0 Å². The molecule has 2 fully saturated rings. The Morgan fingerprint density at radius 1 is 1.21 bits per heavy atom. The normalized spacial score (nSPS) is 28.6. The first kappa shape index (κ1) is 12.6. The van der Waals surface area contributed by atoms with E-state index in [1.54, 1.807) is 6.07 Å². The van der Waals surface area contributed by atoms with E-state index in [0.717, 1.165) is 24.5 Å². The van der Waals surface area contributed by atoms with Crippen LogP contribution in [0.1, 0.15) is 36.8 Å². The van der Waals surface area contributed by atoms with E-state index in [-0.39, 0.29) is 17.7 Å². The number of rotatable bonds is 3. The van der Waals surface area contributed by atoms with Crippen LogP contribution < -0.4 is 5.32 Å². The van der Waals surface area contributed by atoms with E-state index < -0.39 is 11.6 Å². The molecular formula is C15H16F2N2. The van der Waals surface area contributed by atoms with Crippen molar-refractivity contribution in [3.8, 4) is 6.07 Å². The van der Waals surface area contributed by atoms with Crippen LogP contribution in [0.4, 0.5) is 8.78 Å². The molecule has 0 heterocycles. The molecule has 3 unspecified atom stereocenters. The zero-order valence-corrected chi connectivity index (χ0v) is 10.6. The molecule has 0 aromatic heterocycles. The second-order valence-electron chi connectivity index (χ2n) is 5.69. The number of nitriles is 1. The highest BCUT2D eigenvalue weighted by Crippen LogP contribution is 2.44. The third-order valence-electron chi connectivity index (χ3n) is 4.55. The monoisotopic (exact) mass is 262 g/mol. The van der Waals surface area contributed by atoms with E-state index in [0.29, 0.717) is 12.0 Å². The third-order valence-corrected chi connectivity index (χ3v) is 4.55. The van der Waals surface area contributed by atoms with Crippen molar-refractivity contribution >= 4 is 0 Å². The molecule has 1 N–H and O–H groups in total. The summed E-state index contributed by atoms with van der Waals surface area (Å²) in [4.78, 5) is 0. The number of nitrogens with one attached hydrogen (secondary N) is 1. The second kappa shape index (κ2) is 4.90. The van der Waals surface area contributed by atoms with Gasteiger partial charge in [0.15, 0.2) is 0 Å². The van der Waals surface area contributed by atoms with Crippen LogP contribution in [0.5, 0.6) is 0 Å². The number of nitrogens with zero attached hydrogens (tertiary/aromatic N) is 1. The highest BCUT2D eigenvalue weighted by molar-refractivity contribution is 5.34. The Bertz CT molecular complexity index is 512. The van der Waals surface area contributed by atoms with E-state index in [1.165, 1.54) is 19.3 Å². The predicted octanol–water partition coefficient (Wildman–Crippen LogP) is 3.11. The smallest absolute Gasteiger partial charge is 0.131 e. The van der Waals surface area contributed by atoms with E-state index in [2.05, 4.69) is 5.32 Å². The van der Waals surface area contributed by atoms with Gasteiger partial charge in [0.05, 0.1) is 11.6 Å². The van der Waals surface area contributed by atoms with Crippen LogP contribution >= 0.6 is 0 Å².